The molecule has 1 aromatic heterocycles. The summed E-state index contributed by atoms with van der Waals surface area (Å²) in [5.41, 5.74) is 6.21. The van der Waals surface area contributed by atoms with Crippen molar-refractivity contribution in [2.24, 2.45) is 0 Å². The maximum absolute atomic E-state index is 11.5. The van der Waals surface area contributed by atoms with Crippen LogP contribution in [0.3, 0.4) is 0 Å². The van der Waals surface area contributed by atoms with E-state index in [-0.39, 0.29) is 0 Å². The molecule has 1 unspecified atom stereocenters. The predicted molar refractivity (Wildman–Crippen MR) is 116 cm³/mol. The topological polar surface area (TPSA) is 82.5 Å². The first-order valence-electron chi connectivity index (χ1n) is 9.33. The fraction of sp³-hybridized carbons (Fsp3) is 0.273. The van der Waals surface area contributed by atoms with E-state index in [0.29, 0.717) is 23.4 Å². The summed E-state index contributed by atoms with van der Waals surface area (Å²) in [7, 11) is 2.58. The maximum Gasteiger partial charge on any atom is 0.170 e. The highest BCUT2D eigenvalue weighted by Crippen LogP contribution is 2.32. The molecule has 0 saturated carbocycles. The highest BCUT2D eigenvalue weighted by Gasteiger charge is 2.22. The Balaban J connectivity index is 2.18. The molecular weight excluding hydrogens is 367 g/mol. The summed E-state index contributed by atoms with van der Waals surface area (Å²) in [5, 5.41) is 22.7. The van der Waals surface area contributed by atoms with Crippen molar-refractivity contribution in [3.63, 3.8) is 0 Å². The molecule has 1 heterocycles. The molecule has 0 radical (unpaired) electrons. The number of carbonyl (C=O) groups excluding carboxylic acids is 1. The Morgan fingerprint density at radius 1 is 1.39 bits per heavy atom. The molecular formula is C22H23N4OP. The van der Waals surface area contributed by atoms with E-state index in [4.69, 9.17) is 5.41 Å². The lowest BCUT2D eigenvalue weighted by molar-refractivity contribution is 0.111. The number of hydrogen-bond acceptors (Lipinski definition) is 4. The predicted octanol–water partition coefficient (Wildman–Crippen LogP) is 4.29. The molecule has 2 aromatic rings. The second kappa shape index (κ2) is 8.46. The van der Waals surface area contributed by atoms with Crippen LogP contribution in [0.2, 0.25) is 0 Å². The summed E-state index contributed by atoms with van der Waals surface area (Å²) in [6, 6.07) is 7.65. The van der Waals surface area contributed by atoms with E-state index in [0.717, 1.165) is 58.9 Å². The van der Waals surface area contributed by atoms with Crippen LogP contribution in [-0.2, 0) is 0 Å². The molecule has 142 valence electrons. The summed E-state index contributed by atoms with van der Waals surface area (Å²) >= 11 is 0. The third-order valence-corrected chi connectivity index (χ3v) is 5.43. The number of carbonyl (C=O) groups is 1. The van der Waals surface area contributed by atoms with E-state index in [9.17, 15) is 10.1 Å². The van der Waals surface area contributed by atoms with E-state index in [1.165, 1.54) is 0 Å². The fourth-order valence-corrected chi connectivity index (χ4v) is 3.72. The van der Waals surface area contributed by atoms with E-state index < -0.39 is 0 Å². The van der Waals surface area contributed by atoms with Gasteiger partial charge in [-0.1, -0.05) is 19.4 Å². The third-order valence-electron chi connectivity index (χ3n) is 4.95. The van der Waals surface area contributed by atoms with Crippen LogP contribution >= 0.6 is 9.24 Å². The molecule has 1 N–H and O–H groups in total. The zero-order valence-electron chi connectivity index (χ0n) is 16.1. The van der Waals surface area contributed by atoms with Crippen LogP contribution < -0.4 is 5.30 Å². The number of hydrogen-bond donors (Lipinski definition) is 1. The van der Waals surface area contributed by atoms with Gasteiger partial charge in [0.05, 0.1) is 23.0 Å². The molecule has 1 aliphatic carbocycles. The second-order valence-electron chi connectivity index (χ2n) is 6.87. The van der Waals surface area contributed by atoms with Gasteiger partial charge in [0.15, 0.2) is 6.29 Å². The van der Waals surface area contributed by atoms with Gasteiger partial charge in [0.1, 0.15) is 5.69 Å². The van der Waals surface area contributed by atoms with Crippen molar-refractivity contribution in [1.29, 1.82) is 10.7 Å². The SMILES string of the molecule is CCC/C=C1/C=C(c2c(C)c(C=O)nn2-c2ccc(C#N)c(P)c2)CCC1=N. The first-order chi connectivity index (χ1) is 13.5. The number of aldehydes is 1. The van der Waals surface area contributed by atoms with Gasteiger partial charge in [-0.05, 0) is 66.9 Å². The van der Waals surface area contributed by atoms with E-state index in [1.54, 1.807) is 10.7 Å². The number of nitrogens with one attached hydrogen (secondary N) is 1. The highest BCUT2D eigenvalue weighted by atomic mass is 31.0. The van der Waals surface area contributed by atoms with Crippen LogP contribution in [0.15, 0.2) is 35.9 Å². The number of rotatable bonds is 5. The molecule has 0 aliphatic heterocycles. The van der Waals surface area contributed by atoms with Gasteiger partial charge < -0.3 is 5.41 Å². The van der Waals surface area contributed by atoms with Gasteiger partial charge in [-0.2, -0.15) is 10.4 Å². The van der Waals surface area contributed by atoms with Crippen molar-refractivity contribution in [2.45, 2.75) is 39.5 Å². The molecule has 0 saturated heterocycles. The first-order valence-corrected chi connectivity index (χ1v) is 9.91. The third kappa shape index (κ3) is 3.74. The summed E-state index contributed by atoms with van der Waals surface area (Å²) in [4.78, 5) is 11.5. The van der Waals surface area contributed by atoms with Gasteiger partial charge in [-0.25, -0.2) is 4.68 Å². The Kier molecular flexibility index (Phi) is 6.02. The highest BCUT2D eigenvalue weighted by molar-refractivity contribution is 7.27. The molecule has 3 rings (SSSR count). The van der Waals surface area contributed by atoms with E-state index in [2.05, 4.69) is 39.5 Å². The summed E-state index contributed by atoms with van der Waals surface area (Å²) in [5.74, 6) is 0. The number of aromatic nitrogens is 2. The largest absolute Gasteiger partial charge is 0.305 e. The minimum atomic E-state index is 0.408. The Labute approximate surface area is 167 Å². The Morgan fingerprint density at radius 2 is 2.18 bits per heavy atom. The smallest absolute Gasteiger partial charge is 0.170 e. The second-order valence-corrected chi connectivity index (χ2v) is 7.49. The van der Waals surface area contributed by atoms with Crippen LogP contribution in [0.25, 0.3) is 11.3 Å². The summed E-state index contributed by atoms with van der Waals surface area (Å²) < 4.78 is 1.78. The van der Waals surface area contributed by atoms with Gasteiger partial charge in [-0.3, -0.25) is 4.79 Å². The quantitative estimate of drug-likeness (QED) is 0.611. The fourth-order valence-electron chi connectivity index (χ4n) is 3.39. The van der Waals surface area contributed by atoms with Crippen LogP contribution in [0.1, 0.15) is 59.9 Å². The average molecular weight is 390 g/mol. The van der Waals surface area contributed by atoms with Gasteiger partial charge in [-0.15, -0.1) is 9.24 Å². The summed E-state index contributed by atoms with van der Waals surface area (Å²) in [6.45, 7) is 4.03. The van der Waals surface area contributed by atoms with Crippen molar-refractivity contribution < 1.29 is 4.79 Å². The molecule has 0 spiro atoms. The molecule has 1 atom stereocenters. The summed E-state index contributed by atoms with van der Waals surface area (Å²) in [6.07, 6.45) is 8.32. The Bertz CT molecular complexity index is 1050. The average Bonchev–Trinajstić information content (AvgIpc) is 3.03. The zero-order valence-corrected chi connectivity index (χ0v) is 17.3. The van der Waals surface area contributed by atoms with Crippen molar-refractivity contribution >= 4 is 32.1 Å². The standard InChI is InChI=1S/C22H23N4OP/c1-3-4-5-15-10-16(7-9-19(15)24)22-14(2)20(13-27)25-26(22)18-8-6-17(12-23)21(28)11-18/h5-6,8,10-11,13,24H,3-4,7,9,28H2,1-2H3/b15-5-,24-19?. The Hall–Kier alpha value is -2.83. The van der Waals surface area contributed by atoms with Gasteiger partial charge in [0.25, 0.3) is 0 Å². The molecule has 28 heavy (non-hydrogen) atoms. The van der Waals surface area contributed by atoms with Crippen molar-refractivity contribution in [2.75, 3.05) is 0 Å². The number of nitrogens with zero attached hydrogens (tertiary/aromatic N) is 3. The lowest BCUT2D eigenvalue weighted by Gasteiger charge is -2.19. The van der Waals surface area contributed by atoms with Crippen LogP contribution in [0.5, 0.6) is 0 Å². The van der Waals surface area contributed by atoms with Crippen molar-refractivity contribution in [3.8, 4) is 11.8 Å². The molecule has 5 nitrogen and oxygen atoms in total. The lowest BCUT2D eigenvalue weighted by atomic mass is 9.89. The number of unbranched alkanes of at least 4 members (excludes halogenated alkanes) is 1. The molecule has 6 heteroatoms. The van der Waals surface area contributed by atoms with E-state index >= 15 is 0 Å². The van der Waals surface area contributed by atoms with Crippen molar-refractivity contribution in [3.05, 3.63) is 58.4 Å². The molecule has 1 aromatic carbocycles. The first kappa shape index (κ1) is 19.9. The lowest BCUT2D eigenvalue weighted by Crippen LogP contribution is -2.11. The van der Waals surface area contributed by atoms with Crippen molar-refractivity contribution in [1.82, 2.24) is 9.78 Å². The molecule has 0 amide bonds. The molecule has 0 fully saturated rings. The minimum absolute atomic E-state index is 0.408. The number of nitriles is 1. The maximum atomic E-state index is 11.5. The minimum Gasteiger partial charge on any atom is -0.305 e. The number of allylic oxidation sites excluding steroid dienone is 4. The van der Waals surface area contributed by atoms with Crippen LogP contribution in [0, 0.1) is 23.7 Å². The van der Waals surface area contributed by atoms with E-state index in [1.807, 2.05) is 19.1 Å². The monoisotopic (exact) mass is 390 g/mol. The number of benzene rings is 1. The normalized spacial score (nSPS) is 15.4. The van der Waals surface area contributed by atoms with Crippen LogP contribution in [0.4, 0.5) is 0 Å². The van der Waals surface area contributed by atoms with Crippen LogP contribution in [-0.4, -0.2) is 21.8 Å². The van der Waals surface area contributed by atoms with Gasteiger partial charge >= 0.3 is 0 Å². The molecule has 0 bridgehead atoms. The van der Waals surface area contributed by atoms with Gasteiger partial charge in [0.2, 0.25) is 0 Å². The van der Waals surface area contributed by atoms with Gasteiger partial charge in [0, 0.05) is 11.3 Å². The Morgan fingerprint density at radius 3 is 2.82 bits per heavy atom. The zero-order chi connectivity index (χ0) is 20.3. The molecule has 1 aliphatic rings.